The van der Waals surface area contributed by atoms with E-state index in [-0.39, 0.29) is 113 Å². The average molecular weight is 524 g/mol. The van der Waals surface area contributed by atoms with Gasteiger partial charge in [0, 0.05) is 113 Å². The van der Waals surface area contributed by atoms with E-state index in [4.69, 9.17) is 3.80 Å². The van der Waals surface area contributed by atoms with Crippen molar-refractivity contribution in [2.45, 2.75) is 0 Å². The molecule has 2 radical (unpaired) electrons. The minimum Gasteiger partial charge on any atom is 0 e. The predicted molar refractivity (Wildman–Crippen MR) is 7.84 cm³/mol. The first kappa shape index (κ1) is 44.0. The van der Waals surface area contributed by atoms with Gasteiger partial charge in [-0.15, -0.1) is 0 Å². The Morgan fingerprint density at radius 3 is 1.14 bits per heavy atom. The quantitative estimate of drug-likeness (QED) is 0.381. The van der Waals surface area contributed by atoms with Crippen molar-refractivity contribution >= 4 is 16.2 Å². The third-order valence-electron chi connectivity index (χ3n) is 0. The summed E-state index contributed by atoms with van der Waals surface area (Å²) < 4.78 is 8.28. The molecule has 0 rings (SSSR count). The van der Waals surface area contributed by atoms with Crippen molar-refractivity contribution in [2.75, 3.05) is 0 Å². The summed E-state index contributed by atoms with van der Waals surface area (Å²) in [5.74, 6) is 0. The Balaban J connectivity index is -0.000000000500. The molecule has 1 nitrogen and oxygen atoms in total. The van der Waals surface area contributed by atoms with Gasteiger partial charge in [-0.1, -0.05) is 0 Å². The molecule has 0 bridgehead atoms. The molecule has 0 aliphatic heterocycles. The van der Waals surface area contributed by atoms with E-state index in [9.17, 15) is 0 Å². The van der Waals surface area contributed by atoms with Gasteiger partial charge in [-0.05, 0) is 0 Å². The Hall–Kier alpha value is 4.01. The first-order chi connectivity index (χ1) is 1.00. The largest absolute Gasteiger partial charge is 0 e. The molecule has 0 fully saturated rings. The molecule has 0 aliphatic rings. The van der Waals surface area contributed by atoms with E-state index >= 15 is 0 Å². The molecule has 38 valence electrons. The minimum absolute atomic E-state index is 0. The maximum absolute atomic E-state index is 8.28. The van der Waals surface area contributed by atoms with Crippen LogP contribution in [0.3, 0.4) is 0 Å². The van der Waals surface area contributed by atoms with E-state index in [1.807, 2.05) is 0 Å². The molecule has 0 aromatic carbocycles. The van der Waals surface area contributed by atoms with Crippen LogP contribution in [0.15, 0.2) is 0 Å². The monoisotopic (exact) mass is 524 g/mol. The summed E-state index contributed by atoms with van der Waals surface area (Å²) >= 11 is 0.611. The number of rotatable bonds is 0. The van der Waals surface area contributed by atoms with E-state index < -0.39 is 0 Å². The molecule has 0 saturated heterocycles. The maximum atomic E-state index is 8.28. The van der Waals surface area contributed by atoms with Crippen LogP contribution in [0.2, 0.25) is 0 Å². The summed E-state index contributed by atoms with van der Waals surface area (Å²) in [7, 11) is 0. The molecule has 7 heteroatoms. The predicted octanol–water partition coefficient (Wildman–Crippen LogP) is -0.777. The van der Waals surface area contributed by atoms with E-state index in [0.29, 0.717) is 16.2 Å². The van der Waals surface area contributed by atoms with Gasteiger partial charge in [0.15, 0.2) is 0 Å². The Labute approximate surface area is 130 Å². The molecule has 0 atom stereocenters. The SMILES string of the molecule is [La].[Ni].[O]=[AlH].[Ti].[V].[W]. The van der Waals surface area contributed by atoms with Gasteiger partial charge in [0.2, 0.25) is 0 Å². The molecular formula is HAlLaNiOTiVW. The van der Waals surface area contributed by atoms with E-state index in [1.165, 1.54) is 0 Å². The van der Waals surface area contributed by atoms with Crippen molar-refractivity contribution in [1.29, 1.82) is 0 Å². The van der Waals surface area contributed by atoms with Gasteiger partial charge in [-0.3, -0.25) is 0 Å². The second-order valence-corrected chi connectivity index (χ2v) is 0. The molecule has 7 heavy (non-hydrogen) atoms. The van der Waals surface area contributed by atoms with E-state index in [1.54, 1.807) is 0 Å². The first-order valence-corrected chi connectivity index (χ1v) is 0.866. The summed E-state index contributed by atoms with van der Waals surface area (Å²) in [4.78, 5) is 0. The molecule has 0 spiro atoms. The maximum Gasteiger partial charge on any atom is 0 e. The molecule has 0 N–H and O–H groups in total. The fraction of sp³-hybridized carbons (Fsp3) is 0. The van der Waals surface area contributed by atoms with Crippen molar-refractivity contribution in [3.63, 3.8) is 0 Å². The van der Waals surface area contributed by atoms with Crippen molar-refractivity contribution in [3.8, 4) is 0 Å². The minimum atomic E-state index is 0. The van der Waals surface area contributed by atoms with Crippen molar-refractivity contribution in [3.05, 3.63) is 0 Å². The van der Waals surface area contributed by atoms with Gasteiger partial charge < -0.3 is 0 Å². The Morgan fingerprint density at radius 2 is 1.14 bits per heavy atom. The molecule has 0 heterocycles. The molecule has 0 unspecified atom stereocenters. The molecule has 0 aromatic heterocycles. The standard InChI is InChI=1S/Al.La.Ni.O.Ti.V.W.H. The summed E-state index contributed by atoms with van der Waals surface area (Å²) in [6.45, 7) is 0. The zero-order chi connectivity index (χ0) is 2.00. The first-order valence-electron chi connectivity index (χ1n) is 0.289. The topological polar surface area (TPSA) is 17.1 Å². The van der Waals surface area contributed by atoms with Gasteiger partial charge in [0.25, 0.3) is 0 Å². The van der Waals surface area contributed by atoms with Crippen LogP contribution in [0.1, 0.15) is 0 Å². The van der Waals surface area contributed by atoms with Crippen LogP contribution in [-0.4, -0.2) is 16.2 Å². The molecule has 0 aliphatic carbocycles. The summed E-state index contributed by atoms with van der Waals surface area (Å²) in [5.41, 5.74) is 0. The molecular weight excluding hydrogens is 523 g/mol. The van der Waals surface area contributed by atoms with Gasteiger partial charge in [-0.2, -0.15) is 0 Å². The van der Waals surface area contributed by atoms with E-state index in [0.717, 1.165) is 0 Å². The van der Waals surface area contributed by atoms with Crippen molar-refractivity contribution in [2.24, 2.45) is 0 Å². The normalized spacial score (nSPS) is 0.429. The second kappa shape index (κ2) is 50.6. The van der Waals surface area contributed by atoms with Crippen molar-refractivity contribution < 1.29 is 117 Å². The van der Waals surface area contributed by atoms with Crippen LogP contribution in [0.4, 0.5) is 0 Å². The summed E-state index contributed by atoms with van der Waals surface area (Å²) in [6, 6.07) is 0. The molecule has 0 aromatic rings. The van der Waals surface area contributed by atoms with Crippen LogP contribution in [0.25, 0.3) is 0 Å². The number of hydrogen-bond donors (Lipinski definition) is 0. The number of hydrogen-bond acceptors (Lipinski definition) is 1. The molecule has 0 amide bonds. The van der Waals surface area contributed by atoms with Crippen LogP contribution in [0, 0.1) is 35.6 Å². The van der Waals surface area contributed by atoms with E-state index in [2.05, 4.69) is 0 Å². The molecule has 0 saturated carbocycles. The zero-order valence-corrected chi connectivity index (χ0v) is 15.3. The Morgan fingerprint density at radius 1 is 1.14 bits per heavy atom. The Bertz CT molecular complexity index is 19.7. The van der Waals surface area contributed by atoms with Gasteiger partial charge in [0.05, 0.1) is 0 Å². The smallest absolute Gasteiger partial charge is 0 e. The fourth-order valence-corrected chi connectivity index (χ4v) is 0. The van der Waals surface area contributed by atoms with Gasteiger partial charge in [0.1, 0.15) is 0 Å². The van der Waals surface area contributed by atoms with Crippen LogP contribution >= 0.6 is 0 Å². The third-order valence-corrected chi connectivity index (χ3v) is 0. The Kier molecular flexibility index (Phi) is 318. The summed E-state index contributed by atoms with van der Waals surface area (Å²) in [5, 5.41) is 0. The third kappa shape index (κ3) is 40.0. The summed E-state index contributed by atoms with van der Waals surface area (Å²) in [6.07, 6.45) is 0. The zero-order valence-electron chi connectivity index (χ0n) is 3.36. The fourth-order valence-electron chi connectivity index (χ4n) is 0. The van der Waals surface area contributed by atoms with Crippen LogP contribution in [-0.2, 0) is 81.6 Å². The average Bonchev–Trinajstić information content (AvgIpc) is 1.00. The van der Waals surface area contributed by atoms with Gasteiger partial charge in [-0.25, -0.2) is 0 Å². The van der Waals surface area contributed by atoms with Crippen LogP contribution < -0.4 is 0 Å². The van der Waals surface area contributed by atoms with Crippen LogP contribution in [0.5, 0.6) is 0 Å². The van der Waals surface area contributed by atoms with Gasteiger partial charge >= 0.3 is 20.0 Å². The second-order valence-electron chi connectivity index (χ2n) is 0. The van der Waals surface area contributed by atoms with Crippen molar-refractivity contribution in [1.82, 2.24) is 0 Å².